The Bertz CT molecular complexity index is 1290. The van der Waals surface area contributed by atoms with Gasteiger partial charge in [-0.2, -0.15) is 0 Å². The van der Waals surface area contributed by atoms with E-state index in [9.17, 15) is 14.3 Å². The Morgan fingerprint density at radius 2 is 2.00 bits per heavy atom. The molecule has 2 aromatic heterocycles. The number of hydrogen-bond donors (Lipinski definition) is 3. The van der Waals surface area contributed by atoms with Crippen molar-refractivity contribution in [2.45, 2.75) is 43.6 Å². The molecule has 1 saturated carbocycles. The molecule has 0 bridgehead atoms. The monoisotopic (exact) mass is 446 g/mol. The predicted molar refractivity (Wildman–Crippen MR) is 124 cm³/mol. The van der Waals surface area contributed by atoms with Crippen LogP contribution in [0.2, 0.25) is 0 Å². The summed E-state index contributed by atoms with van der Waals surface area (Å²) in [4.78, 5) is 22.9. The molecule has 0 atom stereocenters. The number of carboxylic acid groups (broad SMARTS) is 1. The summed E-state index contributed by atoms with van der Waals surface area (Å²) in [5.74, 6) is -1.24. The highest BCUT2D eigenvalue weighted by Crippen LogP contribution is 2.56. The Morgan fingerprint density at radius 1 is 1.24 bits per heavy atom. The molecule has 3 aromatic rings. The van der Waals surface area contributed by atoms with Crippen LogP contribution in [0.15, 0.2) is 36.5 Å². The van der Waals surface area contributed by atoms with Gasteiger partial charge in [-0.1, -0.05) is 19.1 Å². The summed E-state index contributed by atoms with van der Waals surface area (Å²) in [6.07, 6.45) is 4.94. The number of pyridine rings is 1. The normalized spacial score (nSPS) is 20.0. The second-order valence-electron chi connectivity index (χ2n) is 9.78. The van der Waals surface area contributed by atoms with Crippen molar-refractivity contribution in [1.82, 2.24) is 14.9 Å². The zero-order valence-electron chi connectivity index (χ0n) is 18.6. The number of fused-ring (bicyclic) bond motifs is 3. The molecule has 7 heteroatoms. The van der Waals surface area contributed by atoms with Gasteiger partial charge in [-0.05, 0) is 61.6 Å². The number of H-pyrrole nitrogens is 1. The van der Waals surface area contributed by atoms with E-state index in [0.29, 0.717) is 29.7 Å². The highest BCUT2D eigenvalue weighted by atomic mass is 19.1. The summed E-state index contributed by atoms with van der Waals surface area (Å²) in [7, 11) is 0. The SMILES string of the molecule is CCN1CC(c2[nH]c3c(c2C(=O)O)CCc2cnc(-c4ccccc4F)cc2-3)(C2(N)CC2)C1. The van der Waals surface area contributed by atoms with Gasteiger partial charge >= 0.3 is 5.97 Å². The van der Waals surface area contributed by atoms with Gasteiger partial charge in [0.05, 0.1) is 22.4 Å². The first-order valence-electron chi connectivity index (χ1n) is 11.6. The molecule has 2 aliphatic carbocycles. The number of likely N-dealkylation sites (tertiary alicyclic amines) is 1. The lowest BCUT2D eigenvalue weighted by atomic mass is 9.67. The number of nitrogens with zero attached hydrogens (tertiary/aromatic N) is 2. The smallest absolute Gasteiger partial charge is 0.337 e. The van der Waals surface area contributed by atoms with Crippen LogP contribution in [0.25, 0.3) is 22.5 Å². The summed E-state index contributed by atoms with van der Waals surface area (Å²) in [6, 6.07) is 8.47. The third kappa shape index (κ3) is 2.85. The number of rotatable bonds is 5. The second kappa shape index (κ2) is 6.98. The molecular weight excluding hydrogens is 419 g/mol. The lowest BCUT2D eigenvalue weighted by Gasteiger charge is -2.53. The molecule has 170 valence electrons. The van der Waals surface area contributed by atoms with Gasteiger partial charge in [-0.15, -0.1) is 0 Å². The standard InChI is InChI=1S/C26H27FN4O2/c1-2-31-13-25(14-31,26(28)9-10-26)23-21(24(32)33)17-8-7-15-12-29-20(11-18(15)22(17)30-23)16-5-3-4-6-19(16)27/h3-6,11-12,30H,2,7-10,13-14,28H2,1H3,(H,32,33). The maximum Gasteiger partial charge on any atom is 0.337 e. The van der Waals surface area contributed by atoms with E-state index in [-0.39, 0.29) is 16.8 Å². The molecule has 0 amide bonds. The lowest BCUT2D eigenvalue weighted by Crippen LogP contribution is -2.69. The molecule has 0 spiro atoms. The zero-order chi connectivity index (χ0) is 23.0. The molecule has 0 radical (unpaired) electrons. The van der Waals surface area contributed by atoms with E-state index in [1.54, 1.807) is 24.4 Å². The molecule has 1 saturated heterocycles. The summed E-state index contributed by atoms with van der Waals surface area (Å²) in [6.45, 7) is 4.57. The summed E-state index contributed by atoms with van der Waals surface area (Å²) >= 11 is 0. The van der Waals surface area contributed by atoms with E-state index in [0.717, 1.165) is 60.6 Å². The highest BCUT2D eigenvalue weighted by Gasteiger charge is 2.64. The van der Waals surface area contributed by atoms with Crippen molar-refractivity contribution in [1.29, 1.82) is 0 Å². The molecule has 33 heavy (non-hydrogen) atoms. The fourth-order valence-electron chi connectivity index (χ4n) is 5.88. The third-order valence-corrected chi connectivity index (χ3v) is 8.02. The number of aromatic nitrogens is 2. The second-order valence-corrected chi connectivity index (χ2v) is 9.78. The molecule has 2 fully saturated rings. The minimum Gasteiger partial charge on any atom is -0.478 e. The molecule has 0 unspecified atom stereocenters. The molecule has 6 nitrogen and oxygen atoms in total. The average Bonchev–Trinajstić information content (AvgIpc) is 3.39. The van der Waals surface area contributed by atoms with Crippen molar-refractivity contribution in [2.75, 3.05) is 19.6 Å². The molecule has 1 aliphatic heterocycles. The van der Waals surface area contributed by atoms with E-state index in [2.05, 4.69) is 21.8 Å². The Morgan fingerprint density at radius 3 is 2.67 bits per heavy atom. The van der Waals surface area contributed by atoms with Crippen LogP contribution in [0.3, 0.4) is 0 Å². The van der Waals surface area contributed by atoms with Crippen LogP contribution >= 0.6 is 0 Å². The van der Waals surface area contributed by atoms with Crippen LogP contribution < -0.4 is 5.73 Å². The number of benzene rings is 1. The third-order valence-electron chi connectivity index (χ3n) is 8.02. The van der Waals surface area contributed by atoms with Gasteiger partial charge < -0.3 is 20.7 Å². The van der Waals surface area contributed by atoms with Gasteiger partial charge in [0.25, 0.3) is 0 Å². The zero-order valence-corrected chi connectivity index (χ0v) is 18.6. The largest absolute Gasteiger partial charge is 0.478 e. The van der Waals surface area contributed by atoms with Crippen LogP contribution in [-0.2, 0) is 18.3 Å². The van der Waals surface area contributed by atoms with Crippen LogP contribution in [0, 0.1) is 5.82 Å². The maximum absolute atomic E-state index is 14.5. The molecule has 1 aromatic carbocycles. The minimum absolute atomic E-state index is 0.328. The molecule has 6 rings (SSSR count). The Balaban J connectivity index is 1.53. The summed E-state index contributed by atoms with van der Waals surface area (Å²) in [5.41, 5.74) is 11.8. The van der Waals surface area contributed by atoms with Crippen molar-refractivity contribution in [3.05, 3.63) is 64.7 Å². The van der Waals surface area contributed by atoms with E-state index in [1.807, 2.05) is 6.07 Å². The Labute approximate surface area is 191 Å². The van der Waals surface area contributed by atoms with Crippen LogP contribution in [0.4, 0.5) is 4.39 Å². The number of carboxylic acids is 1. The quantitative estimate of drug-likeness (QED) is 0.555. The topological polar surface area (TPSA) is 95.2 Å². The predicted octanol–water partition coefficient (Wildman–Crippen LogP) is 3.74. The van der Waals surface area contributed by atoms with Crippen molar-refractivity contribution < 1.29 is 14.3 Å². The van der Waals surface area contributed by atoms with E-state index in [4.69, 9.17) is 5.73 Å². The van der Waals surface area contributed by atoms with Gasteiger partial charge in [-0.25, -0.2) is 9.18 Å². The number of aromatic amines is 1. The lowest BCUT2D eigenvalue weighted by molar-refractivity contribution is 0.0374. The first-order valence-corrected chi connectivity index (χ1v) is 11.6. The fraction of sp³-hybridized carbons (Fsp3) is 0.385. The number of likely N-dealkylation sites (N-methyl/N-ethyl adjacent to an activating group) is 1. The maximum atomic E-state index is 14.5. The van der Waals surface area contributed by atoms with Crippen molar-refractivity contribution >= 4 is 5.97 Å². The van der Waals surface area contributed by atoms with Gasteiger partial charge in [0, 0.05) is 41.6 Å². The number of aromatic carboxylic acids is 1. The van der Waals surface area contributed by atoms with E-state index < -0.39 is 5.97 Å². The van der Waals surface area contributed by atoms with Crippen molar-refractivity contribution in [3.63, 3.8) is 0 Å². The molecular formula is C26H27FN4O2. The average molecular weight is 447 g/mol. The number of nitrogens with one attached hydrogen (secondary N) is 1. The first kappa shape index (κ1) is 20.6. The molecule has 4 N–H and O–H groups in total. The van der Waals surface area contributed by atoms with Crippen molar-refractivity contribution in [3.8, 4) is 22.5 Å². The van der Waals surface area contributed by atoms with Gasteiger partial charge in [-0.3, -0.25) is 4.98 Å². The van der Waals surface area contributed by atoms with E-state index in [1.165, 1.54) is 6.07 Å². The molecule has 3 aliphatic rings. The molecule has 3 heterocycles. The van der Waals surface area contributed by atoms with Gasteiger partial charge in [0.15, 0.2) is 0 Å². The van der Waals surface area contributed by atoms with Crippen LogP contribution in [0.1, 0.15) is 46.9 Å². The number of halogens is 1. The summed E-state index contributed by atoms with van der Waals surface area (Å²) in [5, 5.41) is 10.3. The van der Waals surface area contributed by atoms with Gasteiger partial charge in [0.1, 0.15) is 5.82 Å². The highest BCUT2D eigenvalue weighted by molar-refractivity contribution is 5.95. The van der Waals surface area contributed by atoms with Crippen molar-refractivity contribution in [2.24, 2.45) is 5.73 Å². The fourth-order valence-corrected chi connectivity index (χ4v) is 5.88. The summed E-state index contributed by atoms with van der Waals surface area (Å²) < 4.78 is 14.5. The number of hydrogen-bond acceptors (Lipinski definition) is 4. The number of aryl methyl sites for hydroxylation is 1. The minimum atomic E-state index is -0.909. The van der Waals surface area contributed by atoms with E-state index >= 15 is 0 Å². The first-order chi connectivity index (χ1) is 15.9. The van der Waals surface area contributed by atoms with Gasteiger partial charge in [0.2, 0.25) is 0 Å². The number of nitrogens with two attached hydrogens (primary N) is 1. The number of carbonyl (C=O) groups is 1. The van der Waals surface area contributed by atoms with Crippen LogP contribution in [0.5, 0.6) is 0 Å². The van der Waals surface area contributed by atoms with Crippen LogP contribution in [-0.4, -0.2) is 51.1 Å². The Kier molecular flexibility index (Phi) is 4.35. The Hall–Kier alpha value is -3.03.